The molecule has 0 aromatic heterocycles. The molecule has 0 saturated heterocycles. The second-order valence-electron chi connectivity index (χ2n) is 6.62. The number of carboxylic acids is 1. The van der Waals surface area contributed by atoms with Gasteiger partial charge in [-0.05, 0) is 55.5 Å². The van der Waals surface area contributed by atoms with E-state index >= 15 is 0 Å². The van der Waals surface area contributed by atoms with Crippen LogP contribution in [0.4, 0.5) is 8.78 Å². The summed E-state index contributed by atoms with van der Waals surface area (Å²) in [6, 6.07) is 9.40. The van der Waals surface area contributed by atoms with E-state index in [-0.39, 0.29) is 11.1 Å². The van der Waals surface area contributed by atoms with Crippen LogP contribution < -0.4 is 10.8 Å². The van der Waals surface area contributed by atoms with Crippen molar-refractivity contribution in [1.29, 1.82) is 0 Å². The lowest BCUT2D eigenvalue weighted by molar-refractivity contribution is -0.149. The maximum Gasteiger partial charge on any atom is 0.335 e. The first kappa shape index (κ1) is 23.5. The molecule has 2 rings (SSSR count). The van der Waals surface area contributed by atoms with E-state index in [0.717, 1.165) is 5.48 Å². The van der Waals surface area contributed by atoms with E-state index in [1.807, 2.05) is 5.32 Å². The minimum Gasteiger partial charge on any atom is -0.478 e. The lowest BCUT2D eigenvalue weighted by Crippen LogP contribution is -2.61. The molecule has 0 radical (unpaired) electrons. The molecule has 31 heavy (non-hydrogen) atoms. The summed E-state index contributed by atoms with van der Waals surface area (Å²) in [7, 11) is 0. The molecule has 0 aliphatic carbocycles. The van der Waals surface area contributed by atoms with Crippen LogP contribution in [0, 0.1) is 11.8 Å². The van der Waals surface area contributed by atoms with Gasteiger partial charge in [-0.15, -0.1) is 0 Å². The number of carboxylic acid groups (broad SMARTS) is 1. The van der Waals surface area contributed by atoms with Crippen LogP contribution in [0.25, 0.3) is 0 Å². The van der Waals surface area contributed by atoms with Crippen molar-refractivity contribution in [1.82, 2.24) is 10.8 Å². The van der Waals surface area contributed by atoms with E-state index in [9.17, 15) is 28.3 Å². The van der Waals surface area contributed by atoms with Crippen LogP contribution in [-0.2, 0) is 4.79 Å². The lowest BCUT2D eigenvalue weighted by Gasteiger charge is -2.30. The third kappa shape index (κ3) is 5.85. The van der Waals surface area contributed by atoms with Crippen molar-refractivity contribution in [2.45, 2.75) is 25.0 Å². The number of carbonyl (C=O) groups excluding carboxylic acids is 2. The Hall–Kier alpha value is -3.81. The summed E-state index contributed by atoms with van der Waals surface area (Å²) in [4.78, 5) is 34.8. The highest BCUT2D eigenvalue weighted by Crippen LogP contribution is 2.20. The second-order valence-corrected chi connectivity index (χ2v) is 6.62. The Balaban J connectivity index is 2.14. The van der Waals surface area contributed by atoms with Crippen molar-refractivity contribution in [3.05, 3.63) is 70.8 Å². The van der Waals surface area contributed by atoms with Crippen molar-refractivity contribution in [2.75, 3.05) is 0 Å². The molecule has 0 heterocycles. The van der Waals surface area contributed by atoms with E-state index in [2.05, 4.69) is 11.8 Å². The average molecular weight is 432 g/mol. The number of hydrogen-bond acceptors (Lipinski definition) is 5. The van der Waals surface area contributed by atoms with Crippen molar-refractivity contribution in [3.8, 4) is 11.8 Å². The zero-order valence-corrected chi connectivity index (χ0v) is 16.1. The third-order valence-corrected chi connectivity index (χ3v) is 4.30. The molecule has 0 fully saturated rings. The smallest absolute Gasteiger partial charge is 0.335 e. The summed E-state index contributed by atoms with van der Waals surface area (Å²) in [5.74, 6) is 2.25. The van der Waals surface area contributed by atoms with E-state index in [0.29, 0.717) is 18.1 Å². The first-order valence-corrected chi connectivity index (χ1v) is 8.77. The molecule has 0 bridgehead atoms. The first-order chi connectivity index (χ1) is 14.6. The fourth-order valence-electron chi connectivity index (χ4n) is 2.43. The van der Waals surface area contributed by atoms with Gasteiger partial charge in [-0.3, -0.25) is 14.8 Å². The monoisotopic (exact) mass is 432 g/mol. The van der Waals surface area contributed by atoms with Gasteiger partial charge < -0.3 is 15.5 Å². The summed E-state index contributed by atoms with van der Waals surface area (Å²) in [5.41, 5.74) is -0.597. The molecule has 0 saturated carbocycles. The van der Waals surface area contributed by atoms with Gasteiger partial charge in [0, 0.05) is 16.7 Å². The zero-order valence-electron chi connectivity index (χ0n) is 16.1. The summed E-state index contributed by atoms with van der Waals surface area (Å²) >= 11 is 0. The van der Waals surface area contributed by atoms with Gasteiger partial charge in [-0.2, -0.15) is 0 Å². The van der Waals surface area contributed by atoms with E-state index in [4.69, 9.17) is 10.3 Å². The largest absolute Gasteiger partial charge is 0.478 e. The summed E-state index contributed by atoms with van der Waals surface area (Å²) in [5, 5.41) is 29.4. The second kappa shape index (κ2) is 9.80. The molecule has 8 nitrogen and oxygen atoms in total. The quantitative estimate of drug-likeness (QED) is 0.266. The SMILES string of the molecule is CC(O)(C(F)F)[C@H](NC(=O)c1ccc(C#Cc2ccc(C(=O)O)cc2)cc1)C(=O)NO. The van der Waals surface area contributed by atoms with Crippen LogP contribution in [-0.4, -0.2) is 51.3 Å². The van der Waals surface area contributed by atoms with E-state index in [1.165, 1.54) is 36.4 Å². The number of alkyl halides is 2. The average Bonchev–Trinajstić information content (AvgIpc) is 2.75. The summed E-state index contributed by atoms with van der Waals surface area (Å²) in [6.45, 7) is 0.652. The Labute approximate surface area is 175 Å². The van der Waals surface area contributed by atoms with Crippen LogP contribution in [0.2, 0.25) is 0 Å². The molecule has 5 N–H and O–H groups in total. The van der Waals surface area contributed by atoms with Gasteiger partial charge >= 0.3 is 5.97 Å². The number of aromatic carboxylic acids is 1. The number of halogens is 2. The van der Waals surface area contributed by atoms with Crippen LogP contribution in [0.1, 0.15) is 38.8 Å². The van der Waals surface area contributed by atoms with Crippen LogP contribution in [0.5, 0.6) is 0 Å². The topological polar surface area (TPSA) is 136 Å². The lowest BCUT2D eigenvalue weighted by atomic mass is 9.95. The van der Waals surface area contributed by atoms with Gasteiger partial charge in [0.2, 0.25) is 0 Å². The third-order valence-electron chi connectivity index (χ3n) is 4.30. The Morgan fingerprint density at radius 1 is 0.935 bits per heavy atom. The number of hydroxylamine groups is 1. The normalized spacial score (nSPS) is 13.4. The number of carbonyl (C=O) groups is 3. The molecule has 2 aromatic carbocycles. The molecule has 0 aliphatic heterocycles. The Kier molecular flexibility index (Phi) is 7.42. The van der Waals surface area contributed by atoms with Crippen LogP contribution in [0.15, 0.2) is 48.5 Å². The Morgan fingerprint density at radius 2 is 1.39 bits per heavy atom. The maximum absolute atomic E-state index is 13.0. The van der Waals surface area contributed by atoms with E-state index < -0.39 is 35.9 Å². The number of nitrogens with one attached hydrogen (secondary N) is 2. The van der Waals surface area contributed by atoms with Crippen LogP contribution >= 0.6 is 0 Å². The van der Waals surface area contributed by atoms with Crippen molar-refractivity contribution >= 4 is 17.8 Å². The van der Waals surface area contributed by atoms with Gasteiger partial charge in [0.15, 0.2) is 5.60 Å². The molecular weight excluding hydrogens is 414 g/mol. The molecule has 0 aliphatic rings. The molecule has 2 atom stereocenters. The van der Waals surface area contributed by atoms with Gasteiger partial charge in [-0.25, -0.2) is 19.1 Å². The molecule has 162 valence electrons. The Bertz CT molecular complexity index is 1020. The number of hydrogen-bond donors (Lipinski definition) is 5. The van der Waals surface area contributed by atoms with Crippen molar-refractivity contribution in [2.24, 2.45) is 0 Å². The van der Waals surface area contributed by atoms with Crippen molar-refractivity contribution in [3.63, 3.8) is 0 Å². The molecule has 1 unspecified atom stereocenters. The first-order valence-electron chi connectivity index (χ1n) is 8.77. The number of amides is 2. The van der Waals surface area contributed by atoms with Gasteiger partial charge in [0.05, 0.1) is 5.56 Å². The highest BCUT2D eigenvalue weighted by Gasteiger charge is 2.46. The predicted octanol–water partition coefficient (Wildman–Crippen LogP) is 1.40. The fourth-order valence-corrected chi connectivity index (χ4v) is 2.43. The highest BCUT2D eigenvalue weighted by molar-refractivity contribution is 5.98. The minimum absolute atomic E-state index is 0.00262. The minimum atomic E-state index is -3.38. The van der Waals surface area contributed by atoms with Gasteiger partial charge in [-0.1, -0.05) is 11.8 Å². The Morgan fingerprint density at radius 3 is 1.77 bits per heavy atom. The van der Waals surface area contributed by atoms with Gasteiger partial charge in [0.25, 0.3) is 18.2 Å². The number of aliphatic hydroxyl groups is 1. The predicted molar refractivity (Wildman–Crippen MR) is 104 cm³/mol. The maximum atomic E-state index is 13.0. The van der Waals surface area contributed by atoms with Crippen LogP contribution in [0.3, 0.4) is 0 Å². The van der Waals surface area contributed by atoms with Gasteiger partial charge in [0.1, 0.15) is 6.04 Å². The number of rotatable bonds is 6. The molecule has 10 heteroatoms. The number of benzene rings is 2. The zero-order chi connectivity index (χ0) is 23.2. The standard InChI is InChI=1S/C21H18F2N2O6/c1-21(30,20(22)23)16(18(27)25-31)24-17(26)14-8-4-12(5-9-14)2-3-13-6-10-15(11-7-13)19(28)29/h4-11,16,20,30-31H,1H3,(H,24,26)(H,25,27)(H,28,29)/t16-,21?/m1/s1. The highest BCUT2D eigenvalue weighted by atomic mass is 19.3. The van der Waals surface area contributed by atoms with Crippen molar-refractivity contribution < 1.29 is 38.6 Å². The fraction of sp³-hybridized carbons (Fsp3) is 0.190. The molecule has 2 aromatic rings. The summed E-state index contributed by atoms with van der Waals surface area (Å²) < 4.78 is 26.1. The molecular formula is C21H18F2N2O6. The molecule has 2 amide bonds. The summed E-state index contributed by atoms with van der Waals surface area (Å²) in [6.07, 6.45) is -3.38. The molecule has 0 spiro atoms. The van der Waals surface area contributed by atoms with E-state index in [1.54, 1.807) is 12.1 Å².